The van der Waals surface area contributed by atoms with E-state index in [9.17, 15) is 0 Å². The van der Waals surface area contributed by atoms with E-state index in [1.165, 1.54) is 61.1 Å². The second-order valence-corrected chi connectivity index (χ2v) is 7.98. The Morgan fingerprint density at radius 2 is 1.70 bits per heavy atom. The molecule has 0 amide bonds. The third-order valence-corrected chi connectivity index (χ3v) is 5.92. The number of hydrogen-bond acceptors (Lipinski definition) is 2. The number of ether oxygens (including phenoxy) is 1. The van der Waals surface area contributed by atoms with E-state index in [1.54, 1.807) is 0 Å². The van der Waals surface area contributed by atoms with E-state index in [0.29, 0.717) is 0 Å². The molecule has 0 radical (unpaired) electrons. The summed E-state index contributed by atoms with van der Waals surface area (Å²) in [6.45, 7) is 4.50. The molecule has 3 heteroatoms. The van der Waals surface area contributed by atoms with E-state index in [4.69, 9.17) is 4.74 Å². The fourth-order valence-electron chi connectivity index (χ4n) is 4.32. The Kier molecular flexibility index (Phi) is 4.62. The van der Waals surface area contributed by atoms with Crippen LogP contribution in [-0.2, 0) is 0 Å². The van der Waals surface area contributed by atoms with Crippen LogP contribution in [0.15, 0.2) is 54.6 Å². The number of rotatable bonds is 7. The molecule has 1 aliphatic carbocycles. The molecule has 0 atom stereocenters. The molecule has 2 aliphatic rings. The average molecular weight is 361 g/mol. The van der Waals surface area contributed by atoms with E-state index in [2.05, 4.69) is 64.1 Å². The highest BCUT2D eigenvalue weighted by molar-refractivity contribution is 5.83. The normalized spacial score (nSPS) is 17.6. The van der Waals surface area contributed by atoms with Crippen LogP contribution in [0.5, 0.6) is 5.75 Å². The fourth-order valence-corrected chi connectivity index (χ4v) is 4.32. The number of benzene rings is 2. The second kappa shape index (κ2) is 7.40. The number of likely N-dealkylation sites (tertiary alicyclic amines) is 1. The zero-order valence-corrected chi connectivity index (χ0v) is 15.9. The van der Waals surface area contributed by atoms with Crippen molar-refractivity contribution in [2.75, 3.05) is 26.2 Å². The summed E-state index contributed by atoms with van der Waals surface area (Å²) in [4.78, 5) is 2.54. The lowest BCUT2D eigenvalue weighted by Crippen LogP contribution is -2.21. The number of para-hydroxylation sites is 1. The predicted molar refractivity (Wildman–Crippen MR) is 111 cm³/mol. The van der Waals surface area contributed by atoms with Crippen LogP contribution in [0.4, 0.5) is 0 Å². The van der Waals surface area contributed by atoms with Gasteiger partial charge in [-0.05, 0) is 87.5 Å². The summed E-state index contributed by atoms with van der Waals surface area (Å²) in [5.74, 6) is 1.70. The first kappa shape index (κ1) is 16.9. The summed E-state index contributed by atoms with van der Waals surface area (Å²) in [6.07, 6.45) is 6.46. The second-order valence-electron chi connectivity index (χ2n) is 7.98. The minimum atomic E-state index is 0.721. The van der Waals surface area contributed by atoms with Crippen molar-refractivity contribution in [3.8, 4) is 11.4 Å². The van der Waals surface area contributed by atoms with Gasteiger partial charge in [-0.3, -0.25) is 0 Å². The third kappa shape index (κ3) is 3.61. The van der Waals surface area contributed by atoms with Crippen LogP contribution in [-0.4, -0.2) is 35.7 Å². The average Bonchev–Trinajstić information content (AvgIpc) is 3.28. The van der Waals surface area contributed by atoms with Gasteiger partial charge in [-0.1, -0.05) is 18.2 Å². The Bertz CT molecular complexity index is 902. The van der Waals surface area contributed by atoms with Crippen molar-refractivity contribution in [1.29, 1.82) is 0 Å². The Labute approximate surface area is 161 Å². The molecule has 3 nitrogen and oxygen atoms in total. The molecule has 0 unspecified atom stereocenters. The lowest BCUT2D eigenvalue weighted by molar-refractivity contribution is 0.263. The molecule has 0 spiro atoms. The van der Waals surface area contributed by atoms with Gasteiger partial charge in [0.1, 0.15) is 5.75 Å². The lowest BCUT2D eigenvalue weighted by Gasteiger charge is -2.15. The number of hydrogen-bond donors (Lipinski definition) is 0. The molecule has 2 heterocycles. The van der Waals surface area contributed by atoms with Crippen LogP contribution in [0, 0.1) is 0 Å². The highest BCUT2D eigenvalue weighted by Crippen LogP contribution is 2.43. The van der Waals surface area contributed by atoms with Crippen LogP contribution >= 0.6 is 0 Å². The Morgan fingerprint density at radius 3 is 2.48 bits per heavy atom. The van der Waals surface area contributed by atoms with Crippen LogP contribution in [0.2, 0.25) is 0 Å². The van der Waals surface area contributed by atoms with Crippen molar-refractivity contribution in [2.24, 2.45) is 0 Å². The molecule has 140 valence electrons. The van der Waals surface area contributed by atoms with Gasteiger partial charge in [0.2, 0.25) is 0 Å². The Morgan fingerprint density at radius 1 is 0.926 bits per heavy atom. The highest BCUT2D eigenvalue weighted by atomic mass is 16.5. The maximum absolute atomic E-state index is 5.98. The van der Waals surface area contributed by atoms with E-state index in [-0.39, 0.29) is 0 Å². The third-order valence-electron chi connectivity index (χ3n) is 5.92. The monoisotopic (exact) mass is 360 g/mol. The van der Waals surface area contributed by atoms with Crippen LogP contribution in [0.25, 0.3) is 16.6 Å². The molecule has 1 aliphatic heterocycles. The summed E-state index contributed by atoms with van der Waals surface area (Å²) >= 11 is 0. The standard InChI is InChI=1S/C24H28N2O/c1-2-7-23-20(6-1)18-24(19-8-9-19)26(23)21-10-12-22(13-11-21)27-17-5-16-25-14-3-4-15-25/h1-2,6-7,10-13,18-19H,3-5,8-9,14-17H2. The van der Waals surface area contributed by atoms with Crippen LogP contribution < -0.4 is 4.74 Å². The van der Waals surface area contributed by atoms with Gasteiger partial charge in [0, 0.05) is 23.3 Å². The maximum atomic E-state index is 5.98. The number of aromatic nitrogens is 1. The van der Waals surface area contributed by atoms with E-state index in [0.717, 1.165) is 31.2 Å². The van der Waals surface area contributed by atoms with Crippen LogP contribution in [0.1, 0.15) is 43.7 Å². The van der Waals surface area contributed by atoms with Gasteiger partial charge in [-0.15, -0.1) is 0 Å². The molecule has 1 saturated carbocycles. The molecule has 2 aromatic carbocycles. The lowest BCUT2D eigenvalue weighted by atomic mass is 10.2. The minimum absolute atomic E-state index is 0.721. The molecule has 3 aromatic rings. The van der Waals surface area contributed by atoms with Crippen molar-refractivity contribution in [3.05, 3.63) is 60.3 Å². The van der Waals surface area contributed by atoms with Gasteiger partial charge in [0.25, 0.3) is 0 Å². The van der Waals surface area contributed by atoms with Gasteiger partial charge in [0.15, 0.2) is 0 Å². The van der Waals surface area contributed by atoms with Crippen molar-refractivity contribution in [2.45, 2.75) is 38.0 Å². The summed E-state index contributed by atoms with van der Waals surface area (Å²) in [5, 5.41) is 1.33. The molecular formula is C24H28N2O. The fraction of sp³-hybridized carbons (Fsp3) is 0.417. The molecule has 0 bridgehead atoms. The smallest absolute Gasteiger partial charge is 0.119 e. The van der Waals surface area contributed by atoms with Gasteiger partial charge in [-0.25, -0.2) is 0 Å². The largest absolute Gasteiger partial charge is 0.494 e. The van der Waals surface area contributed by atoms with Crippen molar-refractivity contribution in [3.63, 3.8) is 0 Å². The van der Waals surface area contributed by atoms with Gasteiger partial charge < -0.3 is 14.2 Å². The van der Waals surface area contributed by atoms with Crippen LogP contribution in [0.3, 0.4) is 0 Å². The zero-order chi connectivity index (χ0) is 18.1. The Hall–Kier alpha value is -2.26. The summed E-state index contributed by atoms with van der Waals surface area (Å²) in [5.41, 5.74) is 4.00. The maximum Gasteiger partial charge on any atom is 0.119 e. The number of fused-ring (bicyclic) bond motifs is 1. The first-order valence-corrected chi connectivity index (χ1v) is 10.4. The molecule has 27 heavy (non-hydrogen) atoms. The number of nitrogens with zero attached hydrogens (tertiary/aromatic N) is 2. The molecule has 1 saturated heterocycles. The first-order chi connectivity index (χ1) is 13.4. The summed E-state index contributed by atoms with van der Waals surface area (Å²) in [6, 6.07) is 19.7. The van der Waals surface area contributed by atoms with Gasteiger partial charge >= 0.3 is 0 Å². The first-order valence-electron chi connectivity index (χ1n) is 10.4. The van der Waals surface area contributed by atoms with E-state index < -0.39 is 0 Å². The summed E-state index contributed by atoms with van der Waals surface area (Å²) < 4.78 is 8.41. The molecular weight excluding hydrogens is 332 g/mol. The zero-order valence-electron chi connectivity index (χ0n) is 15.9. The molecule has 0 N–H and O–H groups in total. The van der Waals surface area contributed by atoms with Crippen molar-refractivity contribution < 1.29 is 4.74 Å². The van der Waals surface area contributed by atoms with Gasteiger partial charge in [0.05, 0.1) is 12.1 Å². The van der Waals surface area contributed by atoms with Crippen molar-refractivity contribution >= 4 is 10.9 Å². The minimum Gasteiger partial charge on any atom is -0.494 e. The predicted octanol–water partition coefficient (Wildman–Crippen LogP) is 5.37. The molecule has 2 fully saturated rings. The van der Waals surface area contributed by atoms with Gasteiger partial charge in [-0.2, -0.15) is 0 Å². The highest BCUT2D eigenvalue weighted by Gasteiger charge is 2.28. The Balaban J connectivity index is 1.29. The molecule has 5 rings (SSSR count). The SMILES string of the molecule is c1ccc2c(c1)cc(C1CC1)n2-c1ccc(OCCCN2CCCC2)cc1. The van der Waals surface area contributed by atoms with E-state index >= 15 is 0 Å². The topological polar surface area (TPSA) is 17.4 Å². The van der Waals surface area contributed by atoms with E-state index in [1.807, 2.05) is 0 Å². The quantitative estimate of drug-likeness (QED) is 0.527. The van der Waals surface area contributed by atoms with Crippen molar-refractivity contribution in [1.82, 2.24) is 9.47 Å². The molecule has 1 aromatic heterocycles. The summed E-state index contributed by atoms with van der Waals surface area (Å²) in [7, 11) is 0.